The SMILES string of the molecule is Cc1cc(C)c(OCC(O)CN2C[C@H]3C[C@H](C2)c2cccc(=O)n2C3)c(C)c1. The zero-order valence-corrected chi connectivity index (χ0v) is 17.0. The molecule has 5 nitrogen and oxygen atoms in total. The molecule has 2 aliphatic heterocycles. The van der Waals surface area contributed by atoms with Gasteiger partial charge in [0.2, 0.25) is 0 Å². The first-order valence-electron chi connectivity index (χ1n) is 10.2. The molecular formula is C23H30N2O3. The second-order valence-electron chi connectivity index (χ2n) is 8.61. The fourth-order valence-corrected chi connectivity index (χ4v) is 5.07. The van der Waals surface area contributed by atoms with E-state index in [1.165, 1.54) is 5.56 Å². The van der Waals surface area contributed by atoms with Crippen molar-refractivity contribution in [1.29, 1.82) is 0 Å². The Balaban J connectivity index is 1.37. The van der Waals surface area contributed by atoms with Gasteiger partial charge in [-0.15, -0.1) is 0 Å². The van der Waals surface area contributed by atoms with Crippen molar-refractivity contribution >= 4 is 0 Å². The number of piperidine rings is 1. The quantitative estimate of drug-likeness (QED) is 0.864. The third kappa shape index (κ3) is 3.87. The second kappa shape index (κ2) is 7.72. The van der Waals surface area contributed by atoms with Gasteiger partial charge in [0.25, 0.3) is 5.56 Å². The molecule has 3 heterocycles. The van der Waals surface area contributed by atoms with E-state index >= 15 is 0 Å². The first-order valence-corrected chi connectivity index (χ1v) is 10.2. The van der Waals surface area contributed by atoms with Crippen molar-refractivity contribution in [1.82, 2.24) is 9.47 Å². The van der Waals surface area contributed by atoms with Crippen molar-refractivity contribution in [2.45, 2.75) is 45.8 Å². The minimum Gasteiger partial charge on any atom is -0.490 e. The Kier molecular flexibility index (Phi) is 5.30. The van der Waals surface area contributed by atoms with E-state index in [9.17, 15) is 9.90 Å². The molecule has 28 heavy (non-hydrogen) atoms. The number of hydrogen-bond acceptors (Lipinski definition) is 4. The lowest BCUT2D eigenvalue weighted by Crippen LogP contribution is -2.49. The van der Waals surface area contributed by atoms with Gasteiger partial charge in [-0.25, -0.2) is 0 Å². The van der Waals surface area contributed by atoms with Crippen LogP contribution in [-0.2, 0) is 6.54 Å². The number of aryl methyl sites for hydroxylation is 3. The standard InChI is InChI=1S/C23H30N2O3/c1-15-7-16(2)23(17(3)8-15)28-14-20(26)13-24-10-18-9-19(12-24)21-5-4-6-22(27)25(21)11-18/h4-8,18-20,26H,9-14H2,1-3H3/t18-,19-,20?/m1/s1. The molecule has 0 spiro atoms. The summed E-state index contributed by atoms with van der Waals surface area (Å²) in [5.74, 6) is 1.73. The molecule has 0 radical (unpaired) electrons. The van der Waals surface area contributed by atoms with E-state index in [1.807, 2.05) is 24.5 Å². The number of β-amino-alcohol motifs (C(OH)–C–C–N with tert-alkyl or cyclic N) is 1. The number of aromatic nitrogens is 1. The fourth-order valence-electron chi connectivity index (χ4n) is 5.07. The second-order valence-corrected chi connectivity index (χ2v) is 8.61. The number of aliphatic hydroxyl groups excluding tert-OH is 1. The van der Waals surface area contributed by atoms with Crippen LogP contribution >= 0.6 is 0 Å². The molecule has 1 aromatic carbocycles. The number of ether oxygens (including phenoxy) is 1. The summed E-state index contributed by atoms with van der Waals surface area (Å²) < 4.78 is 7.91. The molecule has 5 heteroatoms. The molecule has 2 bridgehead atoms. The van der Waals surface area contributed by atoms with Gasteiger partial charge in [0.05, 0.1) is 0 Å². The number of likely N-dealkylation sites (tertiary alicyclic amines) is 1. The summed E-state index contributed by atoms with van der Waals surface area (Å²) in [7, 11) is 0. The monoisotopic (exact) mass is 382 g/mol. The van der Waals surface area contributed by atoms with E-state index in [-0.39, 0.29) is 5.56 Å². The van der Waals surface area contributed by atoms with Crippen LogP contribution in [0, 0.1) is 26.7 Å². The minimum absolute atomic E-state index is 0.109. The third-order valence-corrected chi connectivity index (χ3v) is 6.05. The predicted octanol–water partition coefficient (Wildman–Crippen LogP) is 2.63. The summed E-state index contributed by atoms with van der Waals surface area (Å²) in [5.41, 5.74) is 4.70. The first kappa shape index (κ1) is 19.2. The normalized spacial score (nSPS) is 22.6. The van der Waals surface area contributed by atoms with Crippen LogP contribution in [0.15, 0.2) is 35.1 Å². The van der Waals surface area contributed by atoms with Gasteiger partial charge >= 0.3 is 0 Å². The maximum atomic E-state index is 12.1. The molecule has 0 amide bonds. The third-order valence-electron chi connectivity index (χ3n) is 6.05. The molecule has 150 valence electrons. The number of pyridine rings is 1. The molecule has 1 N–H and O–H groups in total. The highest BCUT2D eigenvalue weighted by atomic mass is 16.5. The van der Waals surface area contributed by atoms with Crippen LogP contribution in [0.1, 0.15) is 34.7 Å². The van der Waals surface area contributed by atoms with E-state index < -0.39 is 6.10 Å². The number of fused-ring (bicyclic) bond motifs is 4. The lowest BCUT2D eigenvalue weighted by molar-refractivity contribution is 0.0381. The smallest absolute Gasteiger partial charge is 0.250 e. The van der Waals surface area contributed by atoms with Gasteiger partial charge in [0, 0.05) is 43.9 Å². The predicted molar refractivity (Wildman–Crippen MR) is 110 cm³/mol. The molecule has 1 fully saturated rings. The summed E-state index contributed by atoms with van der Waals surface area (Å²) in [6.07, 6.45) is 0.603. The molecule has 2 aromatic rings. The molecule has 0 aliphatic carbocycles. The molecular weight excluding hydrogens is 352 g/mol. The van der Waals surface area contributed by atoms with Crippen molar-refractivity contribution in [3.05, 3.63) is 63.1 Å². The summed E-state index contributed by atoms with van der Waals surface area (Å²) >= 11 is 0. The van der Waals surface area contributed by atoms with Crippen molar-refractivity contribution < 1.29 is 9.84 Å². The van der Waals surface area contributed by atoms with Crippen LogP contribution in [0.3, 0.4) is 0 Å². The van der Waals surface area contributed by atoms with Gasteiger partial charge < -0.3 is 14.4 Å². The average molecular weight is 383 g/mol. The van der Waals surface area contributed by atoms with Crippen LogP contribution < -0.4 is 10.3 Å². The molecule has 0 saturated carbocycles. The van der Waals surface area contributed by atoms with Crippen LogP contribution in [0.2, 0.25) is 0 Å². The average Bonchev–Trinajstić information content (AvgIpc) is 2.61. The maximum Gasteiger partial charge on any atom is 0.250 e. The van der Waals surface area contributed by atoms with Gasteiger partial charge in [0.1, 0.15) is 18.5 Å². The summed E-state index contributed by atoms with van der Waals surface area (Å²) in [6.45, 7) is 9.69. The Bertz CT molecular complexity index is 897. The van der Waals surface area contributed by atoms with Gasteiger partial charge in [-0.1, -0.05) is 23.8 Å². The Hall–Kier alpha value is -2.11. The highest BCUT2D eigenvalue weighted by Gasteiger charge is 2.34. The molecule has 2 aliphatic rings. The van der Waals surface area contributed by atoms with E-state index in [0.29, 0.717) is 25.0 Å². The van der Waals surface area contributed by atoms with Gasteiger partial charge in [-0.3, -0.25) is 9.69 Å². The van der Waals surface area contributed by atoms with Crippen LogP contribution in [0.5, 0.6) is 5.75 Å². The molecule has 1 aromatic heterocycles. The number of rotatable bonds is 5. The molecule has 1 unspecified atom stereocenters. The highest BCUT2D eigenvalue weighted by Crippen LogP contribution is 2.35. The van der Waals surface area contributed by atoms with Crippen molar-refractivity contribution in [2.75, 3.05) is 26.2 Å². The lowest BCUT2D eigenvalue weighted by Gasteiger charge is -2.43. The summed E-state index contributed by atoms with van der Waals surface area (Å²) in [4.78, 5) is 14.5. The van der Waals surface area contributed by atoms with Crippen LogP contribution in [-0.4, -0.2) is 46.9 Å². The van der Waals surface area contributed by atoms with Crippen molar-refractivity contribution in [3.8, 4) is 5.75 Å². The molecule has 4 rings (SSSR count). The van der Waals surface area contributed by atoms with Gasteiger partial charge in [-0.05, 0) is 50.3 Å². The Morgan fingerprint density at radius 2 is 1.89 bits per heavy atom. The lowest BCUT2D eigenvalue weighted by atomic mass is 9.83. The fraction of sp³-hybridized carbons (Fsp3) is 0.522. The highest BCUT2D eigenvalue weighted by molar-refractivity contribution is 5.42. The van der Waals surface area contributed by atoms with Crippen LogP contribution in [0.4, 0.5) is 0 Å². The van der Waals surface area contributed by atoms with Gasteiger partial charge in [0.15, 0.2) is 0 Å². The number of benzene rings is 1. The summed E-state index contributed by atoms with van der Waals surface area (Å²) in [5, 5.41) is 10.6. The van der Waals surface area contributed by atoms with Gasteiger partial charge in [-0.2, -0.15) is 0 Å². The largest absolute Gasteiger partial charge is 0.490 e. The maximum absolute atomic E-state index is 12.1. The summed E-state index contributed by atoms with van der Waals surface area (Å²) in [6, 6.07) is 9.81. The van der Waals surface area contributed by atoms with E-state index in [2.05, 4.69) is 30.0 Å². The van der Waals surface area contributed by atoms with Crippen molar-refractivity contribution in [2.24, 2.45) is 5.92 Å². The van der Waals surface area contributed by atoms with E-state index in [1.54, 1.807) is 6.07 Å². The zero-order chi connectivity index (χ0) is 19.8. The first-order chi connectivity index (χ1) is 13.4. The zero-order valence-electron chi connectivity index (χ0n) is 17.0. The van der Waals surface area contributed by atoms with E-state index in [4.69, 9.17) is 4.74 Å². The Labute approximate surface area is 166 Å². The molecule has 3 atom stereocenters. The topological polar surface area (TPSA) is 54.7 Å². The van der Waals surface area contributed by atoms with Crippen LogP contribution in [0.25, 0.3) is 0 Å². The Morgan fingerprint density at radius 3 is 2.64 bits per heavy atom. The number of nitrogens with zero attached hydrogens (tertiary/aromatic N) is 2. The number of hydrogen-bond donors (Lipinski definition) is 1. The minimum atomic E-state index is -0.531. The molecule has 1 saturated heterocycles. The van der Waals surface area contributed by atoms with Crippen molar-refractivity contribution in [3.63, 3.8) is 0 Å². The Morgan fingerprint density at radius 1 is 1.14 bits per heavy atom. The number of aliphatic hydroxyl groups is 1. The van der Waals surface area contributed by atoms with E-state index in [0.717, 1.165) is 48.6 Å².